The molecule has 0 aliphatic heterocycles. The van der Waals surface area contributed by atoms with Crippen LogP contribution in [0, 0.1) is 20.8 Å². The molecule has 2 aromatic rings. The van der Waals surface area contributed by atoms with E-state index in [0.717, 1.165) is 15.2 Å². The van der Waals surface area contributed by atoms with E-state index in [4.69, 9.17) is 5.53 Å². The first-order chi connectivity index (χ1) is 10.4. The number of azide groups is 1. The molecule has 0 amide bonds. The molecule has 116 valence electrons. The molecule has 0 bridgehead atoms. The van der Waals surface area contributed by atoms with E-state index in [1.807, 2.05) is 6.92 Å². The molecule has 7 nitrogen and oxygen atoms in total. The van der Waals surface area contributed by atoms with Gasteiger partial charge in [0, 0.05) is 11.5 Å². The number of benzene rings is 1. The van der Waals surface area contributed by atoms with Crippen molar-refractivity contribution < 1.29 is 8.42 Å². The molecular formula is C14H17N5O2S. The normalized spacial score (nSPS) is 11.2. The zero-order valence-electron chi connectivity index (χ0n) is 12.7. The third kappa shape index (κ3) is 2.98. The molecule has 0 saturated heterocycles. The van der Waals surface area contributed by atoms with Crippen molar-refractivity contribution in [1.82, 2.24) is 9.19 Å². The van der Waals surface area contributed by atoms with Crippen LogP contribution in [0.2, 0.25) is 0 Å². The Morgan fingerprint density at radius 2 is 1.86 bits per heavy atom. The molecule has 1 aromatic carbocycles. The fraction of sp³-hybridized carbons (Fsp3) is 0.357. The molecule has 2 rings (SSSR count). The summed E-state index contributed by atoms with van der Waals surface area (Å²) in [7, 11) is -3.72. The average Bonchev–Trinajstić information content (AvgIpc) is 2.76. The number of nitrogens with zero attached hydrogens (tertiary/aromatic N) is 5. The maximum Gasteiger partial charge on any atom is 0.283 e. The summed E-state index contributed by atoms with van der Waals surface area (Å²) in [5.74, 6) is 0. The summed E-state index contributed by atoms with van der Waals surface area (Å²) < 4.78 is 26.4. The molecule has 8 heteroatoms. The van der Waals surface area contributed by atoms with Gasteiger partial charge in [-0.15, -0.1) is 0 Å². The summed E-state index contributed by atoms with van der Waals surface area (Å²) in [6.07, 6.45) is 0.463. The lowest BCUT2D eigenvalue weighted by Gasteiger charge is -2.07. The van der Waals surface area contributed by atoms with Crippen molar-refractivity contribution in [3.8, 4) is 0 Å². The van der Waals surface area contributed by atoms with Crippen LogP contribution in [0.15, 0.2) is 34.3 Å². The lowest BCUT2D eigenvalue weighted by molar-refractivity contribution is 0.577. The van der Waals surface area contributed by atoms with Gasteiger partial charge < -0.3 is 0 Å². The minimum Gasteiger partial charge on any atom is -0.199 e. The molecule has 0 aliphatic carbocycles. The molecule has 0 N–H and O–H groups in total. The first kappa shape index (κ1) is 16.1. The minimum absolute atomic E-state index is 0.199. The first-order valence-corrected chi connectivity index (χ1v) is 8.20. The van der Waals surface area contributed by atoms with Crippen LogP contribution in [0.3, 0.4) is 0 Å². The Labute approximate surface area is 129 Å². The summed E-state index contributed by atoms with van der Waals surface area (Å²) in [6, 6.07) is 6.64. The second kappa shape index (κ2) is 6.21. The Hall–Kier alpha value is -2.31. The number of hydrogen-bond acceptors (Lipinski definition) is 4. The van der Waals surface area contributed by atoms with Gasteiger partial charge in [-0.05, 0) is 50.4 Å². The van der Waals surface area contributed by atoms with E-state index < -0.39 is 10.0 Å². The molecule has 0 atom stereocenters. The zero-order valence-corrected chi connectivity index (χ0v) is 13.5. The standard InChI is InChI=1S/C14H17N5O2S/c1-10-4-6-13(7-5-10)22(20,21)19-12(3)14(11(2)17-19)8-9-16-18-15/h4-7H,8-9H2,1-3H3. The van der Waals surface area contributed by atoms with E-state index in [0.29, 0.717) is 17.8 Å². The Morgan fingerprint density at radius 1 is 1.23 bits per heavy atom. The molecule has 0 fully saturated rings. The predicted molar refractivity (Wildman–Crippen MR) is 83.2 cm³/mol. The van der Waals surface area contributed by atoms with Gasteiger partial charge in [-0.2, -0.15) is 17.6 Å². The summed E-state index contributed by atoms with van der Waals surface area (Å²) in [5.41, 5.74) is 11.3. The Kier molecular flexibility index (Phi) is 4.54. The van der Waals surface area contributed by atoms with Crippen molar-refractivity contribution in [1.29, 1.82) is 0 Å². The van der Waals surface area contributed by atoms with E-state index in [-0.39, 0.29) is 11.4 Å². The van der Waals surface area contributed by atoms with E-state index in [1.54, 1.807) is 38.1 Å². The molecule has 0 spiro atoms. The molecule has 0 aliphatic rings. The predicted octanol–water partition coefficient (Wildman–Crippen LogP) is 2.90. The fourth-order valence-electron chi connectivity index (χ4n) is 2.26. The molecule has 0 unspecified atom stereocenters. The second-order valence-electron chi connectivity index (χ2n) is 5.01. The van der Waals surface area contributed by atoms with Crippen LogP contribution < -0.4 is 0 Å². The van der Waals surface area contributed by atoms with Gasteiger partial charge in [0.25, 0.3) is 10.0 Å². The summed E-state index contributed by atoms with van der Waals surface area (Å²) in [6.45, 7) is 5.62. The lowest BCUT2D eigenvalue weighted by Crippen LogP contribution is -2.16. The van der Waals surface area contributed by atoms with Gasteiger partial charge in [0.1, 0.15) is 0 Å². The van der Waals surface area contributed by atoms with Gasteiger partial charge in [-0.25, -0.2) is 0 Å². The van der Waals surface area contributed by atoms with Crippen molar-refractivity contribution in [3.63, 3.8) is 0 Å². The minimum atomic E-state index is -3.72. The smallest absolute Gasteiger partial charge is 0.199 e. The third-order valence-electron chi connectivity index (χ3n) is 3.47. The van der Waals surface area contributed by atoms with E-state index in [2.05, 4.69) is 15.1 Å². The van der Waals surface area contributed by atoms with Crippen LogP contribution in [-0.4, -0.2) is 24.1 Å². The Balaban J connectivity index is 2.46. The van der Waals surface area contributed by atoms with Gasteiger partial charge in [-0.1, -0.05) is 22.8 Å². The molecule has 0 saturated carbocycles. The van der Waals surface area contributed by atoms with Crippen molar-refractivity contribution in [2.24, 2.45) is 5.11 Å². The topological polar surface area (TPSA) is 101 Å². The highest BCUT2D eigenvalue weighted by atomic mass is 32.2. The number of rotatable bonds is 5. The highest BCUT2D eigenvalue weighted by Crippen LogP contribution is 2.20. The van der Waals surface area contributed by atoms with Gasteiger partial charge in [0.15, 0.2) is 0 Å². The monoisotopic (exact) mass is 319 g/mol. The second-order valence-corrected chi connectivity index (χ2v) is 6.78. The van der Waals surface area contributed by atoms with Crippen LogP contribution in [0.5, 0.6) is 0 Å². The lowest BCUT2D eigenvalue weighted by atomic mass is 10.1. The van der Waals surface area contributed by atoms with Crippen molar-refractivity contribution in [2.75, 3.05) is 6.54 Å². The summed E-state index contributed by atoms with van der Waals surface area (Å²) >= 11 is 0. The first-order valence-electron chi connectivity index (χ1n) is 6.76. The Bertz CT molecular complexity index is 831. The van der Waals surface area contributed by atoms with Crippen LogP contribution in [0.1, 0.15) is 22.5 Å². The van der Waals surface area contributed by atoms with Gasteiger partial charge in [0.05, 0.1) is 16.3 Å². The van der Waals surface area contributed by atoms with Crippen LogP contribution in [-0.2, 0) is 16.4 Å². The molecule has 22 heavy (non-hydrogen) atoms. The van der Waals surface area contributed by atoms with Gasteiger partial charge in [-0.3, -0.25) is 0 Å². The maximum atomic E-state index is 12.7. The number of aromatic nitrogens is 2. The van der Waals surface area contributed by atoms with Crippen molar-refractivity contribution in [2.45, 2.75) is 32.1 Å². The van der Waals surface area contributed by atoms with E-state index in [9.17, 15) is 8.42 Å². The quantitative estimate of drug-likeness (QED) is 0.481. The summed E-state index contributed by atoms with van der Waals surface area (Å²) in [4.78, 5) is 2.90. The molecule has 0 radical (unpaired) electrons. The molecule has 1 aromatic heterocycles. The number of aryl methyl sites for hydroxylation is 2. The van der Waals surface area contributed by atoms with E-state index in [1.165, 1.54) is 0 Å². The third-order valence-corrected chi connectivity index (χ3v) is 5.15. The summed E-state index contributed by atoms with van der Waals surface area (Å²) in [5, 5.41) is 7.64. The highest BCUT2D eigenvalue weighted by Gasteiger charge is 2.23. The number of hydrogen-bond donors (Lipinski definition) is 0. The van der Waals surface area contributed by atoms with E-state index >= 15 is 0 Å². The molecule has 1 heterocycles. The van der Waals surface area contributed by atoms with Crippen LogP contribution in [0.4, 0.5) is 0 Å². The van der Waals surface area contributed by atoms with Gasteiger partial charge >= 0.3 is 0 Å². The average molecular weight is 319 g/mol. The van der Waals surface area contributed by atoms with Crippen molar-refractivity contribution in [3.05, 3.63) is 57.2 Å². The highest BCUT2D eigenvalue weighted by molar-refractivity contribution is 7.89. The van der Waals surface area contributed by atoms with Crippen molar-refractivity contribution >= 4 is 10.0 Å². The SMILES string of the molecule is Cc1ccc(S(=O)(=O)n2nc(C)c(CCN=[N+]=[N-])c2C)cc1. The maximum absolute atomic E-state index is 12.7. The zero-order chi connectivity index (χ0) is 16.3. The van der Waals surface area contributed by atoms with Gasteiger partial charge in [0.2, 0.25) is 0 Å². The fourth-order valence-corrected chi connectivity index (χ4v) is 3.64. The van der Waals surface area contributed by atoms with Crippen LogP contribution in [0.25, 0.3) is 10.4 Å². The van der Waals surface area contributed by atoms with Crippen LogP contribution >= 0.6 is 0 Å². The molecular weight excluding hydrogens is 302 g/mol. The largest absolute Gasteiger partial charge is 0.283 e. The Morgan fingerprint density at radius 3 is 2.45 bits per heavy atom.